The van der Waals surface area contributed by atoms with Crippen molar-refractivity contribution in [2.45, 2.75) is 32.7 Å². The third-order valence-electron chi connectivity index (χ3n) is 5.03. The molecule has 1 amide bonds. The molecule has 6 heteroatoms. The topological polar surface area (TPSA) is 56.6 Å². The van der Waals surface area contributed by atoms with Gasteiger partial charge in [0.15, 0.2) is 11.5 Å². The second kappa shape index (κ2) is 5.54. The highest BCUT2D eigenvalue weighted by Crippen LogP contribution is 2.38. The number of amides is 1. The first-order valence-electron chi connectivity index (χ1n) is 8.27. The predicted molar refractivity (Wildman–Crippen MR) is 88.3 cm³/mol. The summed E-state index contributed by atoms with van der Waals surface area (Å²) in [5, 5.41) is 4.51. The molecule has 24 heavy (non-hydrogen) atoms. The van der Waals surface area contributed by atoms with Crippen LogP contribution in [0, 0.1) is 13.8 Å². The fourth-order valence-electron chi connectivity index (χ4n) is 3.78. The van der Waals surface area contributed by atoms with Crippen LogP contribution in [0.2, 0.25) is 0 Å². The van der Waals surface area contributed by atoms with Gasteiger partial charge in [0.2, 0.25) is 6.79 Å². The number of rotatable bonds is 2. The lowest BCUT2D eigenvalue weighted by molar-refractivity contribution is 0.0734. The minimum atomic E-state index is 0.0402. The molecule has 2 aliphatic rings. The van der Waals surface area contributed by atoms with Crippen molar-refractivity contribution in [1.29, 1.82) is 0 Å². The van der Waals surface area contributed by atoms with Crippen molar-refractivity contribution in [2.75, 3.05) is 13.3 Å². The smallest absolute Gasteiger partial charge is 0.254 e. The van der Waals surface area contributed by atoms with Crippen molar-refractivity contribution in [3.05, 3.63) is 40.7 Å². The van der Waals surface area contributed by atoms with Crippen LogP contribution in [0.1, 0.15) is 46.2 Å². The van der Waals surface area contributed by atoms with Crippen LogP contribution < -0.4 is 9.47 Å². The number of likely N-dealkylation sites (tertiary alicyclic amines) is 1. The Morgan fingerprint density at radius 3 is 2.79 bits per heavy atom. The highest BCUT2D eigenvalue weighted by atomic mass is 16.7. The van der Waals surface area contributed by atoms with Gasteiger partial charge >= 0.3 is 0 Å². The Kier molecular flexibility index (Phi) is 3.48. The van der Waals surface area contributed by atoms with Gasteiger partial charge in [0.05, 0.1) is 11.7 Å². The number of hydrogen-bond acceptors (Lipinski definition) is 4. The summed E-state index contributed by atoms with van der Waals surface area (Å²) in [4.78, 5) is 15.0. The zero-order chi connectivity index (χ0) is 16.8. The third-order valence-corrected chi connectivity index (χ3v) is 5.03. The summed E-state index contributed by atoms with van der Waals surface area (Å²) in [5.74, 6) is 1.38. The van der Waals surface area contributed by atoms with Crippen molar-refractivity contribution in [3.8, 4) is 11.5 Å². The van der Waals surface area contributed by atoms with E-state index in [1.807, 2.05) is 29.6 Å². The van der Waals surface area contributed by atoms with E-state index in [2.05, 4.69) is 12.0 Å². The number of fused-ring (bicyclic) bond motifs is 1. The molecule has 1 atom stereocenters. The van der Waals surface area contributed by atoms with E-state index >= 15 is 0 Å². The number of aromatic nitrogens is 2. The maximum absolute atomic E-state index is 13.1. The Balaban J connectivity index is 1.66. The van der Waals surface area contributed by atoms with Crippen molar-refractivity contribution >= 4 is 5.91 Å². The molecule has 1 saturated heterocycles. The van der Waals surface area contributed by atoms with Crippen LogP contribution in [0.25, 0.3) is 0 Å². The Bertz CT molecular complexity index is 812. The molecule has 0 bridgehead atoms. The molecule has 4 rings (SSSR count). The van der Waals surface area contributed by atoms with Gasteiger partial charge in [-0.05, 0) is 44.9 Å². The van der Waals surface area contributed by atoms with E-state index in [1.54, 1.807) is 12.1 Å². The van der Waals surface area contributed by atoms with E-state index in [0.717, 1.165) is 30.8 Å². The number of hydrogen-bond donors (Lipinski definition) is 0. The predicted octanol–water partition coefficient (Wildman–Crippen LogP) is 2.74. The number of carbonyl (C=O) groups excluding carboxylic acids is 1. The molecule has 1 aromatic heterocycles. The van der Waals surface area contributed by atoms with Crippen molar-refractivity contribution in [1.82, 2.24) is 14.7 Å². The average Bonchev–Trinajstić information content (AvgIpc) is 3.26. The molecule has 3 heterocycles. The van der Waals surface area contributed by atoms with Crippen molar-refractivity contribution in [2.24, 2.45) is 7.05 Å². The summed E-state index contributed by atoms with van der Waals surface area (Å²) in [6.45, 7) is 5.07. The van der Waals surface area contributed by atoms with Gasteiger partial charge in [-0.2, -0.15) is 5.10 Å². The van der Waals surface area contributed by atoms with E-state index in [0.29, 0.717) is 17.1 Å². The molecule has 2 aromatic rings. The van der Waals surface area contributed by atoms with Crippen molar-refractivity contribution < 1.29 is 14.3 Å². The normalized spacial score (nSPS) is 19.1. The van der Waals surface area contributed by atoms with Crippen LogP contribution in [0.5, 0.6) is 11.5 Å². The van der Waals surface area contributed by atoms with E-state index in [4.69, 9.17) is 9.47 Å². The van der Waals surface area contributed by atoms with Gasteiger partial charge in [-0.1, -0.05) is 0 Å². The number of benzene rings is 1. The number of ether oxygens (including phenoxy) is 2. The first-order valence-corrected chi connectivity index (χ1v) is 8.27. The molecule has 1 aromatic carbocycles. The molecular formula is C18H21N3O3. The van der Waals surface area contributed by atoms with Crippen LogP contribution in [0.15, 0.2) is 18.2 Å². The molecule has 0 N–H and O–H groups in total. The standard InChI is InChI=1S/C18H21N3O3/c1-11-17(12(2)20(3)19-11)14-5-4-8-21(14)18(22)13-6-7-15-16(9-13)24-10-23-15/h6-7,9,14H,4-5,8,10H2,1-3H3/t14-/m0/s1. The molecule has 126 valence electrons. The van der Waals surface area contributed by atoms with Crippen LogP contribution in [0.4, 0.5) is 0 Å². The summed E-state index contributed by atoms with van der Waals surface area (Å²) in [6, 6.07) is 5.50. The molecule has 6 nitrogen and oxygen atoms in total. The number of carbonyl (C=O) groups is 1. The van der Waals surface area contributed by atoms with Gasteiger partial charge in [0.1, 0.15) is 0 Å². The second-order valence-electron chi connectivity index (χ2n) is 6.43. The lowest BCUT2D eigenvalue weighted by Crippen LogP contribution is -2.31. The number of aryl methyl sites for hydroxylation is 2. The van der Waals surface area contributed by atoms with Crippen LogP contribution in [-0.2, 0) is 7.05 Å². The fourth-order valence-corrected chi connectivity index (χ4v) is 3.78. The molecular weight excluding hydrogens is 306 g/mol. The Labute approximate surface area is 141 Å². The van der Waals surface area contributed by atoms with Crippen LogP contribution in [-0.4, -0.2) is 33.9 Å². The number of nitrogens with zero attached hydrogens (tertiary/aromatic N) is 3. The summed E-state index contributed by atoms with van der Waals surface area (Å²) in [6.07, 6.45) is 1.98. The molecule has 2 aliphatic heterocycles. The quantitative estimate of drug-likeness (QED) is 0.851. The average molecular weight is 327 g/mol. The van der Waals surface area contributed by atoms with Crippen LogP contribution >= 0.6 is 0 Å². The summed E-state index contributed by atoms with van der Waals surface area (Å²) < 4.78 is 12.6. The Morgan fingerprint density at radius 2 is 2.04 bits per heavy atom. The monoisotopic (exact) mass is 327 g/mol. The first kappa shape index (κ1) is 15.1. The second-order valence-corrected chi connectivity index (χ2v) is 6.43. The van der Waals surface area contributed by atoms with E-state index in [-0.39, 0.29) is 18.7 Å². The molecule has 0 radical (unpaired) electrons. The zero-order valence-corrected chi connectivity index (χ0v) is 14.2. The highest BCUT2D eigenvalue weighted by molar-refractivity contribution is 5.95. The van der Waals surface area contributed by atoms with Crippen molar-refractivity contribution in [3.63, 3.8) is 0 Å². The largest absolute Gasteiger partial charge is 0.454 e. The third kappa shape index (κ3) is 2.25. The summed E-state index contributed by atoms with van der Waals surface area (Å²) >= 11 is 0. The minimum absolute atomic E-state index is 0.0402. The van der Waals surface area contributed by atoms with Gasteiger partial charge in [0, 0.05) is 30.4 Å². The van der Waals surface area contributed by atoms with E-state index in [1.165, 1.54) is 5.56 Å². The van der Waals surface area contributed by atoms with Gasteiger partial charge in [-0.3, -0.25) is 9.48 Å². The first-order chi connectivity index (χ1) is 11.6. The van der Waals surface area contributed by atoms with Crippen LogP contribution in [0.3, 0.4) is 0 Å². The molecule has 0 spiro atoms. The van der Waals surface area contributed by atoms with E-state index in [9.17, 15) is 4.79 Å². The lowest BCUT2D eigenvalue weighted by atomic mass is 10.0. The molecule has 0 saturated carbocycles. The highest BCUT2D eigenvalue weighted by Gasteiger charge is 2.34. The Hall–Kier alpha value is -2.50. The maximum atomic E-state index is 13.1. The van der Waals surface area contributed by atoms with Gasteiger partial charge < -0.3 is 14.4 Å². The minimum Gasteiger partial charge on any atom is -0.454 e. The van der Waals surface area contributed by atoms with E-state index < -0.39 is 0 Å². The van der Waals surface area contributed by atoms with Gasteiger partial charge in [-0.15, -0.1) is 0 Å². The molecule has 0 unspecified atom stereocenters. The lowest BCUT2D eigenvalue weighted by Gasteiger charge is -2.25. The van der Waals surface area contributed by atoms with Gasteiger partial charge in [0.25, 0.3) is 5.91 Å². The molecule has 1 fully saturated rings. The summed E-state index contributed by atoms with van der Waals surface area (Å²) in [5.41, 5.74) is 3.96. The molecule has 0 aliphatic carbocycles. The summed E-state index contributed by atoms with van der Waals surface area (Å²) in [7, 11) is 1.95. The SMILES string of the molecule is Cc1nn(C)c(C)c1[C@@H]1CCCN1C(=O)c1ccc2c(c1)OCO2. The maximum Gasteiger partial charge on any atom is 0.254 e. The van der Waals surface area contributed by atoms with Gasteiger partial charge in [-0.25, -0.2) is 0 Å². The fraction of sp³-hybridized carbons (Fsp3) is 0.444. The Morgan fingerprint density at radius 1 is 1.25 bits per heavy atom. The zero-order valence-electron chi connectivity index (χ0n) is 14.2.